The van der Waals surface area contributed by atoms with Crippen LogP contribution in [0.25, 0.3) is 0 Å². The van der Waals surface area contributed by atoms with Crippen molar-refractivity contribution in [2.24, 2.45) is 0 Å². The molecule has 2 atom stereocenters. The summed E-state index contributed by atoms with van der Waals surface area (Å²) in [5, 5.41) is 9.77. The Morgan fingerprint density at radius 2 is 1.96 bits per heavy atom. The second-order valence-corrected chi connectivity index (χ2v) is 6.16. The number of carbonyl (C=O) groups is 1. The van der Waals surface area contributed by atoms with Gasteiger partial charge in [0.1, 0.15) is 12.1 Å². The molecule has 5 heteroatoms. The molecule has 2 unspecified atom stereocenters. The van der Waals surface area contributed by atoms with E-state index < -0.39 is 0 Å². The van der Waals surface area contributed by atoms with Crippen LogP contribution in [0.1, 0.15) is 24.9 Å². The van der Waals surface area contributed by atoms with Gasteiger partial charge in [-0.25, -0.2) is 4.98 Å². The first-order chi connectivity index (χ1) is 12.2. The molecule has 0 radical (unpaired) electrons. The molecule has 0 saturated carbocycles. The molecule has 2 heterocycles. The molecule has 134 valence electrons. The van der Waals surface area contributed by atoms with Gasteiger partial charge in [-0.05, 0) is 31.0 Å². The number of hydrogen-bond acceptors (Lipinski definition) is 5. The Morgan fingerprint density at radius 1 is 1.28 bits per heavy atom. The fourth-order valence-electron chi connectivity index (χ4n) is 3.07. The third kappa shape index (κ3) is 5.66. The van der Waals surface area contributed by atoms with Crippen LogP contribution in [0.2, 0.25) is 0 Å². The van der Waals surface area contributed by atoms with Crippen LogP contribution in [-0.2, 0) is 4.79 Å². The molecule has 2 aromatic rings. The molecule has 3 rings (SSSR count). The zero-order valence-electron chi connectivity index (χ0n) is 15.0. The SMILES string of the molecule is CC=O.CN(c1ccccn1)C(CN1CCC(O)C1)c1ccccc1. The predicted molar refractivity (Wildman–Crippen MR) is 101 cm³/mol. The van der Waals surface area contributed by atoms with Gasteiger partial charge in [-0.15, -0.1) is 0 Å². The fourth-order valence-corrected chi connectivity index (χ4v) is 3.07. The molecule has 0 amide bonds. The Morgan fingerprint density at radius 3 is 2.52 bits per heavy atom. The van der Waals surface area contributed by atoms with Crippen molar-refractivity contribution in [1.82, 2.24) is 9.88 Å². The lowest BCUT2D eigenvalue weighted by molar-refractivity contribution is -0.106. The van der Waals surface area contributed by atoms with E-state index in [0.717, 1.165) is 38.2 Å². The summed E-state index contributed by atoms with van der Waals surface area (Å²) in [6, 6.07) is 16.7. The Bertz CT molecular complexity index is 621. The van der Waals surface area contributed by atoms with E-state index in [9.17, 15) is 5.11 Å². The van der Waals surface area contributed by atoms with Gasteiger partial charge in [-0.2, -0.15) is 0 Å². The minimum absolute atomic E-state index is 0.184. The van der Waals surface area contributed by atoms with Gasteiger partial charge < -0.3 is 14.8 Å². The van der Waals surface area contributed by atoms with Gasteiger partial charge in [0.15, 0.2) is 0 Å². The lowest BCUT2D eigenvalue weighted by atomic mass is 10.0. The Hall–Kier alpha value is -2.24. The monoisotopic (exact) mass is 341 g/mol. The van der Waals surface area contributed by atoms with E-state index in [0.29, 0.717) is 0 Å². The Labute approximate surface area is 149 Å². The fraction of sp³-hybridized carbons (Fsp3) is 0.400. The van der Waals surface area contributed by atoms with Gasteiger partial charge in [0.2, 0.25) is 0 Å². The maximum absolute atomic E-state index is 9.77. The minimum atomic E-state index is -0.184. The van der Waals surface area contributed by atoms with Crippen LogP contribution in [0.15, 0.2) is 54.7 Å². The van der Waals surface area contributed by atoms with Crippen molar-refractivity contribution in [1.29, 1.82) is 0 Å². The molecule has 0 spiro atoms. The number of aliphatic hydroxyl groups excluding tert-OH is 1. The van der Waals surface area contributed by atoms with Crippen LogP contribution < -0.4 is 4.90 Å². The molecular weight excluding hydrogens is 314 g/mol. The highest BCUT2D eigenvalue weighted by Crippen LogP contribution is 2.26. The molecule has 1 aromatic heterocycles. The number of aliphatic hydroxyl groups is 1. The Kier molecular flexibility index (Phi) is 7.57. The van der Waals surface area contributed by atoms with E-state index in [2.05, 4.69) is 46.1 Å². The van der Waals surface area contributed by atoms with Gasteiger partial charge >= 0.3 is 0 Å². The first-order valence-electron chi connectivity index (χ1n) is 8.64. The number of nitrogens with zero attached hydrogens (tertiary/aromatic N) is 3. The van der Waals surface area contributed by atoms with Gasteiger partial charge in [0.05, 0.1) is 12.1 Å². The molecule has 1 aliphatic heterocycles. The van der Waals surface area contributed by atoms with Crippen molar-refractivity contribution in [2.75, 3.05) is 31.6 Å². The largest absolute Gasteiger partial charge is 0.392 e. The summed E-state index contributed by atoms with van der Waals surface area (Å²) >= 11 is 0. The summed E-state index contributed by atoms with van der Waals surface area (Å²) in [6.07, 6.45) is 3.26. The predicted octanol–water partition coefficient (Wildman–Crippen LogP) is 2.53. The highest BCUT2D eigenvalue weighted by molar-refractivity contribution is 5.44. The number of likely N-dealkylation sites (tertiary alicyclic amines) is 1. The number of carbonyl (C=O) groups excluding carboxylic acids is 1. The summed E-state index contributed by atoms with van der Waals surface area (Å²) in [7, 11) is 2.09. The minimum Gasteiger partial charge on any atom is -0.392 e. The van der Waals surface area contributed by atoms with Gasteiger partial charge in [-0.1, -0.05) is 36.4 Å². The Balaban J connectivity index is 0.000000701. The summed E-state index contributed by atoms with van der Waals surface area (Å²) in [5.74, 6) is 0.969. The van der Waals surface area contributed by atoms with Crippen LogP contribution in [-0.4, -0.2) is 54.1 Å². The van der Waals surface area contributed by atoms with E-state index in [-0.39, 0.29) is 12.1 Å². The molecule has 0 bridgehead atoms. The van der Waals surface area contributed by atoms with Crippen molar-refractivity contribution in [3.8, 4) is 0 Å². The molecule has 1 N–H and O–H groups in total. The van der Waals surface area contributed by atoms with E-state index in [1.165, 1.54) is 12.5 Å². The molecule has 1 aliphatic rings. The number of pyridine rings is 1. The van der Waals surface area contributed by atoms with Crippen LogP contribution in [0.5, 0.6) is 0 Å². The molecule has 1 aromatic carbocycles. The molecular formula is C20H27N3O2. The van der Waals surface area contributed by atoms with Crippen molar-refractivity contribution in [3.63, 3.8) is 0 Å². The number of hydrogen-bond donors (Lipinski definition) is 1. The van der Waals surface area contributed by atoms with E-state index in [1.54, 1.807) is 0 Å². The van der Waals surface area contributed by atoms with Gasteiger partial charge in [0, 0.05) is 32.9 Å². The standard InChI is InChI=1S/C18H23N3O.C2H4O/c1-20(18-9-5-6-11-19-18)17(15-7-3-2-4-8-15)14-21-12-10-16(22)13-21;1-2-3/h2-9,11,16-17,22H,10,12-14H2,1H3;2H,1H3. The van der Waals surface area contributed by atoms with E-state index in [4.69, 9.17) is 4.79 Å². The van der Waals surface area contributed by atoms with Crippen LogP contribution in [0.4, 0.5) is 5.82 Å². The summed E-state index contributed by atoms with van der Waals surface area (Å²) in [5.41, 5.74) is 1.28. The van der Waals surface area contributed by atoms with E-state index in [1.807, 2.05) is 30.5 Å². The van der Waals surface area contributed by atoms with Gasteiger partial charge in [0.25, 0.3) is 0 Å². The van der Waals surface area contributed by atoms with Crippen LogP contribution >= 0.6 is 0 Å². The average Bonchev–Trinajstić information content (AvgIpc) is 3.06. The third-order valence-electron chi connectivity index (χ3n) is 4.34. The normalized spacial score (nSPS) is 18.1. The van der Waals surface area contributed by atoms with Crippen molar-refractivity contribution >= 4 is 12.1 Å². The maximum Gasteiger partial charge on any atom is 0.128 e. The summed E-state index contributed by atoms with van der Waals surface area (Å²) < 4.78 is 0. The zero-order valence-corrected chi connectivity index (χ0v) is 15.0. The van der Waals surface area contributed by atoms with Crippen LogP contribution in [0.3, 0.4) is 0 Å². The molecule has 0 aliphatic carbocycles. The second-order valence-electron chi connectivity index (χ2n) is 6.16. The molecule has 1 fully saturated rings. The number of β-amino-alcohol motifs (C(OH)–C–C–N with tert-alkyl or cyclic N) is 1. The maximum atomic E-state index is 9.77. The van der Waals surface area contributed by atoms with Crippen molar-refractivity contribution in [2.45, 2.75) is 25.5 Å². The number of aldehydes is 1. The third-order valence-corrected chi connectivity index (χ3v) is 4.34. The lowest BCUT2D eigenvalue weighted by Crippen LogP contribution is -2.36. The van der Waals surface area contributed by atoms with Gasteiger partial charge in [-0.3, -0.25) is 4.90 Å². The highest BCUT2D eigenvalue weighted by atomic mass is 16.3. The smallest absolute Gasteiger partial charge is 0.128 e. The number of likely N-dealkylation sites (N-methyl/N-ethyl adjacent to an activating group) is 1. The zero-order chi connectivity index (χ0) is 18.1. The quantitative estimate of drug-likeness (QED) is 0.847. The second kappa shape index (κ2) is 9.91. The topological polar surface area (TPSA) is 56.7 Å². The number of benzene rings is 1. The number of aromatic nitrogens is 1. The average molecular weight is 341 g/mol. The number of rotatable bonds is 5. The van der Waals surface area contributed by atoms with Crippen molar-refractivity contribution < 1.29 is 9.90 Å². The summed E-state index contributed by atoms with van der Waals surface area (Å²) in [4.78, 5) is 17.8. The molecule has 5 nitrogen and oxygen atoms in total. The molecule has 25 heavy (non-hydrogen) atoms. The lowest BCUT2D eigenvalue weighted by Gasteiger charge is -2.32. The first kappa shape index (κ1) is 19.1. The van der Waals surface area contributed by atoms with Crippen molar-refractivity contribution in [3.05, 3.63) is 60.3 Å². The molecule has 1 saturated heterocycles. The summed E-state index contributed by atoms with van der Waals surface area (Å²) in [6.45, 7) is 4.06. The first-order valence-corrected chi connectivity index (χ1v) is 8.64. The highest BCUT2D eigenvalue weighted by Gasteiger charge is 2.26. The van der Waals surface area contributed by atoms with Crippen LogP contribution in [0, 0.1) is 0 Å². The van der Waals surface area contributed by atoms with E-state index >= 15 is 0 Å². The number of anilines is 1.